The number of rotatable bonds is 5. The van der Waals surface area contributed by atoms with Crippen molar-refractivity contribution in [3.05, 3.63) is 77.4 Å². The minimum Gasteiger partial charge on any atom is -0.207 e. The van der Waals surface area contributed by atoms with E-state index in [1.165, 1.54) is 12.1 Å². The first-order valence-electron chi connectivity index (χ1n) is 9.70. The number of hydrogen-bond donors (Lipinski definition) is 0. The second kappa shape index (κ2) is 8.15. The Morgan fingerprint density at radius 3 is 1.59 bits per heavy atom. The molecule has 3 rings (SSSR count). The Morgan fingerprint density at radius 1 is 0.655 bits per heavy atom. The van der Waals surface area contributed by atoms with Crippen molar-refractivity contribution < 1.29 is 17.6 Å². The Hall–Kier alpha value is -2.40. The fourth-order valence-electron chi connectivity index (χ4n) is 3.60. The molecule has 0 aliphatic carbocycles. The van der Waals surface area contributed by atoms with Gasteiger partial charge >= 0.3 is 0 Å². The van der Waals surface area contributed by atoms with E-state index in [4.69, 9.17) is 0 Å². The van der Waals surface area contributed by atoms with Gasteiger partial charge in [-0.05, 0) is 52.9 Å². The molecule has 0 saturated heterocycles. The molecule has 0 N–H and O–H groups in total. The van der Waals surface area contributed by atoms with Crippen molar-refractivity contribution in [1.29, 1.82) is 0 Å². The zero-order valence-electron chi connectivity index (χ0n) is 17.0. The van der Waals surface area contributed by atoms with Crippen LogP contribution in [0.5, 0.6) is 0 Å². The SMILES string of the molecule is CCCc1ccc(-c2cc(F)c(-c3cc(F)c([Si](C)(C)C)c(F)c3)c(F)c2)cc1. The highest BCUT2D eigenvalue weighted by molar-refractivity contribution is 6.88. The van der Waals surface area contributed by atoms with E-state index in [0.29, 0.717) is 11.1 Å². The third-order valence-corrected chi connectivity index (χ3v) is 6.93. The third kappa shape index (κ3) is 4.45. The second-order valence-electron chi connectivity index (χ2n) is 8.33. The first kappa shape index (κ1) is 21.3. The first-order valence-corrected chi connectivity index (χ1v) is 13.2. The lowest BCUT2D eigenvalue weighted by Crippen LogP contribution is -2.42. The monoisotopic (exact) mass is 416 g/mol. The zero-order chi connectivity index (χ0) is 21.3. The minimum atomic E-state index is -2.27. The quantitative estimate of drug-likeness (QED) is 0.308. The van der Waals surface area contributed by atoms with Gasteiger partial charge in [0.2, 0.25) is 0 Å². The molecule has 0 amide bonds. The summed E-state index contributed by atoms with van der Waals surface area (Å²) in [6, 6.07) is 12.0. The Labute approximate surface area is 170 Å². The van der Waals surface area contributed by atoms with Gasteiger partial charge in [-0.2, -0.15) is 0 Å². The maximum absolute atomic E-state index is 14.8. The molecule has 5 heteroatoms. The molecule has 0 atom stereocenters. The first-order chi connectivity index (χ1) is 13.6. The number of halogens is 4. The summed E-state index contributed by atoms with van der Waals surface area (Å²) in [5.41, 5.74) is 1.66. The molecule has 0 aliphatic rings. The molecule has 0 heterocycles. The van der Waals surface area contributed by atoms with Crippen LogP contribution in [0.4, 0.5) is 17.6 Å². The summed E-state index contributed by atoms with van der Waals surface area (Å²) in [5.74, 6) is -3.21. The van der Waals surface area contributed by atoms with Crippen LogP contribution in [-0.4, -0.2) is 8.07 Å². The average Bonchev–Trinajstić information content (AvgIpc) is 2.60. The lowest BCUT2D eigenvalue weighted by Gasteiger charge is -2.19. The van der Waals surface area contributed by atoms with Gasteiger partial charge in [-0.25, -0.2) is 17.6 Å². The standard InChI is InChI=1S/C24H24F4Si/c1-5-6-15-7-9-16(10-8-15)17-11-19(25)23(20(26)12-17)18-13-21(27)24(22(28)14-18)29(2,3)4/h7-14H,5-6H2,1-4H3. The van der Waals surface area contributed by atoms with Crippen LogP contribution in [0.1, 0.15) is 18.9 Å². The van der Waals surface area contributed by atoms with E-state index < -0.39 is 36.9 Å². The fourth-order valence-corrected chi connectivity index (χ4v) is 5.18. The molecule has 3 aromatic rings. The largest absolute Gasteiger partial charge is 0.207 e. The van der Waals surface area contributed by atoms with E-state index in [2.05, 4.69) is 6.92 Å². The summed E-state index contributed by atoms with van der Waals surface area (Å²) in [5, 5.41) is 0.0332. The predicted octanol–water partition coefficient (Wildman–Crippen LogP) is 7.07. The van der Waals surface area contributed by atoms with E-state index >= 15 is 0 Å². The smallest absolute Gasteiger partial charge is 0.134 e. The predicted molar refractivity (Wildman–Crippen MR) is 114 cm³/mol. The molecule has 152 valence electrons. The average molecular weight is 417 g/mol. The molecule has 29 heavy (non-hydrogen) atoms. The molecule has 0 bridgehead atoms. The van der Waals surface area contributed by atoms with Crippen molar-refractivity contribution in [2.24, 2.45) is 0 Å². The molecule has 0 fully saturated rings. The van der Waals surface area contributed by atoms with Crippen molar-refractivity contribution in [1.82, 2.24) is 0 Å². The molecule has 0 nitrogen and oxygen atoms in total. The topological polar surface area (TPSA) is 0 Å². The zero-order valence-corrected chi connectivity index (χ0v) is 18.0. The van der Waals surface area contributed by atoms with Gasteiger partial charge < -0.3 is 0 Å². The highest BCUT2D eigenvalue weighted by atomic mass is 28.3. The van der Waals surface area contributed by atoms with Crippen molar-refractivity contribution in [3.63, 3.8) is 0 Å². The van der Waals surface area contributed by atoms with Crippen LogP contribution in [-0.2, 0) is 6.42 Å². The van der Waals surface area contributed by atoms with Crippen LogP contribution in [0.2, 0.25) is 19.6 Å². The van der Waals surface area contributed by atoms with Crippen molar-refractivity contribution in [2.75, 3.05) is 0 Å². The summed E-state index contributed by atoms with van der Waals surface area (Å²) in [6.45, 7) is 7.53. The number of aryl methyl sites for hydroxylation is 1. The lowest BCUT2D eigenvalue weighted by molar-refractivity contribution is 0.585. The Balaban J connectivity index is 2.04. The number of hydrogen-bond acceptors (Lipinski definition) is 0. The third-order valence-electron chi connectivity index (χ3n) is 4.95. The maximum atomic E-state index is 14.8. The normalized spacial score (nSPS) is 11.7. The molecular formula is C24H24F4Si. The summed E-state index contributed by atoms with van der Waals surface area (Å²) < 4.78 is 58.7. The summed E-state index contributed by atoms with van der Waals surface area (Å²) >= 11 is 0. The molecule has 0 radical (unpaired) electrons. The van der Waals surface area contributed by atoms with Crippen LogP contribution in [0.15, 0.2) is 48.5 Å². The minimum absolute atomic E-state index is 0.0332. The Morgan fingerprint density at radius 2 is 1.14 bits per heavy atom. The molecule has 3 aromatic carbocycles. The van der Waals surface area contributed by atoms with Gasteiger partial charge in [-0.1, -0.05) is 57.3 Å². The van der Waals surface area contributed by atoms with Gasteiger partial charge in [0.15, 0.2) is 0 Å². The molecule has 0 aromatic heterocycles. The van der Waals surface area contributed by atoms with Crippen molar-refractivity contribution >= 4 is 13.3 Å². The van der Waals surface area contributed by atoms with Crippen molar-refractivity contribution in [3.8, 4) is 22.3 Å². The molecule has 0 aliphatic heterocycles. The molecule has 0 saturated carbocycles. The van der Waals surface area contributed by atoms with Crippen LogP contribution in [0, 0.1) is 23.3 Å². The van der Waals surface area contributed by atoms with Crippen molar-refractivity contribution in [2.45, 2.75) is 39.4 Å². The van der Waals surface area contributed by atoms with Crippen LogP contribution in [0.25, 0.3) is 22.3 Å². The van der Waals surface area contributed by atoms with Crippen LogP contribution >= 0.6 is 0 Å². The summed E-state index contributed by atoms with van der Waals surface area (Å²) in [7, 11) is -2.27. The Kier molecular flexibility index (Phi) is 5.99. The van der Waals surface area contributed by atoms with E-state index in [0.717, 1.165) is 30.5 Å². The molecule has 0 spiro atoms. The second-order valence-corrected chi connectivity index (χ2v) is 13.3. The van der Waals surface area contributed by atoms with Gasteiger partial charge in [-0.15, -0.1) is 0 Å². The van der Waals surface area contributed by atoms with Gasteiger partial charge in [0, 0.05) is 5.19 Å². The summed E-state index contributed by atoms with van der Waals surface area (Å²) in [4.78, 5) is 0. The Bertz CT molecular complexity index is 988. The van der Waals surface area contributed by atoms with Gasteiger partial charge in [-0.3, -0.25) is 0 Å². The fraction of sp³-hybridized carbons (Fsp3) is 0.250. The van der Waals surface area contributed by atoms with E-state index in [1.807, 2.05) is 43.9 Å². The van der Waals surface area contributed by atoms with Crippen LogP contribution < -0.4 is 5.19 Å². The molecule has 0 unspecified atom stereocenters. The maximum Gasteiger partial charge on any atom is 0.134 e. The summed E-state index contributed by atoms with van der Waals surface area (Å²) in [6.07, 6.45) is 1.95. The molecular weight excluding hydrogens is 392 g/mol. The van der Waals surface area contributed by atoms with Gasteiger partial charge in [0.1, 0.15) is 23.3 Å². The van der Waals surface area contributed by atoms with E-state index in [9.17, 15) is 17.6 Å². The van der Waals surface area contributed by atoms with Gasteiger partial charge in [0.25, 0.3) is 0 Å². The highest BCUT2D eigenvalue weighted by Gasteiger charge is 2.27. The van der Waals surface area contributed by atoms with E-state index in [1.54, 1.807) is 0 Å². The lowest BCUT2D eigenvalue weighted by atomic mass is 9.97. The van der Waals surface area contributed by atoms with E-state index in [-0.39, 0.29) is 10.8 Å². The van der Waals surface area contributed by atoms with Crippen LogP contribution in [0.3, 0.4) is 0 Å². The highest BCUT2D eigenvalue weighted by Crippen LogP contribution is 2.32. The van der Waals surface area contributed by atoms with Gasteiger partial charge in [0.05, 0.1) is 13.6 Å². The number of benzene rings is 3.